The summed E-state index contributed by atoms with van der Waals surface area (Å²) >= 11 is 6.03. The first-order valence-corrected chi connectivity index (χ1v) is 7.32. The van der Waals surface area contributed by atoms with Gasteiger partial charge in [-0.3, -0.25) is 4.79 Å². The van der Waals surface area contributed by atoms with E-state index in [0.29, 0.717) is 22.6 Å². The SMILES string of the molecule is O=C(NCc1cccc(OC(F)F)c1)c1cc(Cl)c2c(c1)OCO2. The van der Waals surface area contributed by atoms with Gasteiger partial charge in [0.2, 0.25) is 6.79 Å². The minimum absolute atomic E-state index is 0.0304. The van der Waals surface area contributed by atoms with E-state index in [1.54, 1.807) is 12.1 Å². The predicted molar refractivity (Wildman–Crippen MR) is 81.8 cm³/mol. The molecule has 3 rings (SSSR count). The molecule has 1 aliphatic rings. The van der Waals surface area contributed by atoms with Crippen LogP contribution in [0.4, 0.5) is 8.78 Å². The molecule has 126 valence electrons. The van der Waals surface area contributed by atoms with Crippen molar-refractivity contribution in [3.05, 3.63) is 52.5 Å². The normalized spacial score (nSPS) is 12.3. The van der Waals surface area contributed by atoms with Gasteiger partial charge in [-0.15, -0.1) is 0 Å². The number of carbonyl (C=O) groups excluding carboxylic acids is 1. The second-order valence-corrected chi connectivity index (χ2v) is 5.31. The summed E-state index contributed by atoms with van der Waals surface area (Å²) in [5.74, 6) is 0.461. The highest BCUT2D eigenvalue weighted by Gasteiger charge is 2.20. The summed E-state index contributed by atoms with van der Waals surface area (Å²) in [6.45, 7) is -2.70. The number of carbonyl (C=O) groups is 1. The quantitative estimate of drug-likeness (QED) is 0.890. The summed E-state index contributed by atoms with van der Waals surface area (Å²) in [5.41, 5.74) is 0.928. The highest BCUT2D eigenvalue weighted by Crippen LogP contribution is 2.39. The molecule has 0 aromatic heterocycles. The van der Waals surface area contributed by atoms with Crippen LogP contribution in [0.3, 0.4) is 0 Å². The lowest BCUT2D eigenvalue weighted by atomic mass is 10.1. The van der Waals surface area contributed by atoms with E-state index in [0.717, 1.165) is 0 Å². The lowest BCUT2D eigenvalue weighted by Gasteiger charge is -2.09. The molecule has 5 nitrogen and oxygen atoms in total. The maximum atomic E-state index is 12.2. The number of alkyl halides is 2. The number of hydrogen-bond acceptors (Lipinski definition) is 4. The number of rotatable bonds is 5. The number of nitrogens with one attached hydrogen (secondary N) is 1. The number of hydrogen-bond donors (Lipinski definition) is 1. The Kier molecular flexibility index (Phi) is 4.71. The molecule has 1 amide bonds. The molecule has 0 atom stereocenters. The molecule has 2 aromatic rings. The van der Waals surface area contributed by atoms with Gasteiger partial charge in [-0.05, 0) is 29.8 Å². The summed E-state index contributed by atoms with van der Waals surface area (Å²) in [7, 11) is 0. The standard InChI is InChI=1S/C16H12ClF2NO4/c17-12-5-10(6-13-14(12)23-8-22-13)15(21)20-7-9-2-1-3-11(4-9)24-16(18)19/h1-6,16H,7-8H2,(H,20,21). The summed E-state index contributed by atoms with van der Waals surface area (Å²) in [4.78, 5) is 12.2. The Labute approximate surface area is 141 Å². The van der Waals surface area contributed by atoms with Crippen LogP contribution in [0, 0.1) is 0 Å². The fourth-order valence-corrected chi connectivity index (χ4v) is 2.48. The van der Waals surface area contributed by atoms with Crippen molar-refractivity contribution in [1.29, 1.82) is 0 Å². The molecule has 0 bridgehead atoms. The van der Waals surface area contributed by atoms with E-state index in [-0.39, 0.29) is 30.0 Å². The number of halogens is 3. The van der Waals surface area contributed by atoms with Crippen molar-refractivity contribution in [2.45, 2.75) is 13.2 Å². The van der Waals surface area contributed by atoms with E-state index in [4.69, 9.17) is 21.1 Å². The zero-order valence-electron chi connectivity index (χ0n) is 12.2. The second kappa shape index (κ2) is 6.92. The van der Waals surface area contributed by atoms with Gasteiger partial charge in [0, 0.05) is 12.1 Å². The lowest BCUT2D eigenvalue weighted by molar-refractivity contribution is -0.0498. The van der Waals surface area contributed by atoms with Crippen LogP contribution in [0.1, 0.15) is 15.9 Å². The van der Waals surface area contributed by atoms with Crippen LogP contribution in [-0.4, -0.2) is 19.3 Å². The Morgan fingerprint density at radius 1 is 1.29 bits per heavy atom. The molecule has 0 fully saturated rings. The molecule has 0 saturated heterocycles. The Morgan fingerprint density at radius 3 is 2.92 bits per heavy atom. The number of ether oxygens (including phenoxy) is 3. The van der Waals surface area contributed by atoms with Gasteiger partial charge < -0.3 is 19.5 Å². The Morgan fingerprint density at radius 2 is 2.12 bits per heavy atom. The van der Waals surface area contributed by atoms with Gasteiger partial charge in [0.15, 0.2) is 11.5 Å². The molecular weight excluding hydrogens is 344 g/mol. The van der Waals surface area contributed by atoms with Gasteiger partial charge in [-0.1, -0.05) is 23.7 Å². The number of benzene rings is 2. The van der Waals surface area contributed by atoms with Gasteiger partial charge in [-0.25, -0.2) is 0 Å². The van der Waals surface area contributed by atoms with Gasteiger partial charge in [0.1, 0.15) is 5.75 Å². The topological polar surface area (TPSA) is 56.8 Å². The Bertz CT molecular complexity index is 770. The van der Waals surface area contributed by atoms with Crippen LogP contribution in [0.25, 0.3) is 0 Å². The summed E-state index contributed by atoms with van der Waals surface area (Å²) in [5, 5.41) is 2.96. The average Bonchev–Trinajstić information content (AvgIpc) is 3.01. The van der Waals surface area contributed by atoms with Gasteiger partial charge in [0.05, 0.1) is 5.02 Å². The fraction of sp³-hybridized carbons (Fsp3) is 0.188. The molecule has 0 spiro atoms. The summed E-state index contributed by atoms with van der Waals surface area (Å²) < 4.78 is 39.1. The lowest BCUT2D eigenvalue weighted by Crippen LogP contribution is -2.22. The molecule has 0 radical (unpaired) electrons. The Hall–Kier alpha value is -2.54. The van der Waals surface area contributed by atoms with Crippen molar-refractivity contribution < 1.29 is 27.8 Å². The molecule has 1 heterocycles. The van der Waals surface area contributed by atoms with Crippen LogP contribution >= 0.6 is 11.6 Å². The van der Waals surface area contributed by atoms with Crippen molar-refractivity contribution in [1.82, 2.24) is 5.32 Å². The van der Waals surface area contributed by atoms with Crippen molar-refractivity contribution in [2.24, 2.45) is 0 Å². The number of amides is 1. The fourth-order valence-electron chi connectivity index (χ4n) is 2.21. The van der Waals surface area contributed by atoms with E-state index in [1.165, 1.54) is 24.3 Å². The van der Waals surface area contributed by atoms with Gasteiger partial charge >= 0.3 is 6.61 Å². The molecule has 8 heteroatoms. The molecule has 0 saturated carbocycles. The van der Waals surface area contributed by atoms with Gasteiger partial charge in [0.25, 0.3) is 5.91 Å². The van der Waals surface area contributed by atoms with Crippen LogP contribution in [0.15, 0.2) is 36.4 Å². The monoisotopic (exact) mass is 355 g/mol. The first-order valence-electron chi connectivity index (χ1n) is 6.94. The maximum Gasteiger partial charge on any atom is 0.387 e. The average molecular weight is 356 g/mol. The van der Waals surface area contributed by atoms with E-state index < -0.39 is 6.61 Å². The second-order valence-electron chi connectivity index (χ2n) is 4.90. The highest BCUT2D eigenvalue weighted by atomic mass is 35.5. The zero-order valence-corrected chi connectivity index (χ0v) is 13.0. The van der Waals surface area contributed by atoms with E-state index >= 15 is 0 Å². The predicted octanol–water partition coefficient (Wildman–Crippen LogP) is 3.60. The van der Waals surface area contributed by atoms with E-state index in [2.05, 4.69) is 10.1 Å². The minimum atomic E-state index is -2.90. The van der Waals surface area contributed by atoms with Crippen LogP contribution in [0.2, 0.25) is 5.02 Å². The van der Waals surface area contributed by atoms with Gasteiger partial charge in [-0.2, -0.15) is 8.78 Å². The van der Waals surface area contributed by atoms with Crippen molar-refractivity contribution in [2.75, 3.05) is 6.79 Å². The zero-order chi connectivity index (χ0) is 17.1. The first kappa shape index (κ1) is 16.3. The molecule has 2 aromatic carbocycles. The smallest absolute Gasteiger partial charge is 0.387 e. The third kappa shape index (κ3) is 3.68. The van der Waals surface area contributed by atoms with E-state index in [9.17, 15) is 13.6 Å². The summed E-state index contributed by atoms with van der Waals surface area (Å²) in [6.07, 6.45) is 0. The molecular formula is C16H12ClF2NO4. The third-order valence-corrected chi connectivity index (χ3v) is 3.55. The van der Waals surface area contributed by atoms with Crippen molar-refractivity contribution >= 4 is 17.5 Å². The largest absolute Gasteiger partial charge is 0.454 e. The molecule has 1 N–H and O–H groups in total. The van der Waals surface area contributed by atoms with E-state index in [1.807, 2.05) is 0 Å². The first-order chi connectivity index (χ1) is 11.5. The van der Waals surface area contributed by atoms with Crippen molar-refractivity contribution in [3.63, 3.8) is 0 Å². The van der Waals surface area contributed by atoms with Crippen LogP contribution < -0.4 is 19.5 Å². The number of fused-ring (bicyclic) bond motifs is 1. The summed E-state index contributed by atoms with van der Waals surface area (Å²) in [6, 6.07) is 9.09. The third-order valence-electron chi connectivity index (χ3n) is 3.27. The highest BCUT2D eigenvalue weighted by molar-refractivity contribution is 6.32. The molecule has 0 aliphatic carbocycles. The van der Waals surface area contributed by atoms with Crippen LogP contribution in [-0.2, 0) is 6.54 Å². The minimum Gasteiger partial charge on any atom is -0.454 e. The molecule has 0 unspecified atom stereocenters. The molecule has 24 heavy (non-hydrogen) atoms. The van der Waals surface area contributed by atoms with Crippen molar-refractivity contribution in [3.8, 4) is 17.2 Å². The van der Waals surface area contributed by atoms with Crippen LogP contribution in [0.5, 0.6) is 17.2 Å². The maximum absolute atomic E-state index is 12.2. The Balaban J connectivity index is 1.67. The molecule has 1 aliphatic heterocycles.